The highest BCUT2D eigenvalue weighted by atomic mass is 32.2. The summed E-state index contributed by atoms with van der Waals surface area (Å²) in [6, 6.07) is 7.64. The summed E-state index contributed by atoms with van der Waals surface area (Å²) in [7, 11) is 1.63. The van der Waals surface area contributed by atoms with Gasteiger partial charge in [-0.25, -0.2) is 4.98 Å². The molecule has 0 saturated carbocycles. The van der Waals surface area contributed by atoms with E-state index in [4.69, 9.17) is 4.74 Å². The van der Waals surface area contributed by atoms with E-state index in [1.807, 2.05) is 41.1 Å². The Hall–Kier alpha value is -2.39. The number of thioether (sulfide) groups is 1. The summed E-state index contributed by atoms with van der Waals surface area (Å²) >= 11 is 2.75. The number of hydrogen-bond acceptors (Lipinski definition) is 7. The molecule has 0 radical (unpaired) electrons. The van der Waals surface area contributed by atoms with Crippen LogP contribution in [0.1, 0.15) is 6.92 Å². The van der Waals surface area contributed by atoms with Crippen LogP contribution < -0.4 is 10.1 Å². The lowest BCUT2D eigenvalue weighted by molar-refractivity contribution is -0.113. The average Bonchev–Trinajstić information content (AvgIpc) is 3.29. The van der Waals surface area contributed by atoms with Crippen molar-refractivity contribution in [3.63, 3.8) is 0 Å². The molecule has 0 aliphatic carbocycles. The Kier molecular flexibility index (Phi) is 5.67. The lowest BCUT2D eigenvalue weighted by Crippen LogP contribution is -2.14. The Balaban J connectivity index is 1.58. The minimum Gasteiger partial charge on any atom is -0.497 e. The van der Waals surface area contributed by atoms with Gasteiger partial charge in [-0.1, -0.05) is 11.8 Å². The van der Waals surface area contributed by atoms with Crippen LogP contribution in [0.2, 0.25) is 0 Å². The highest BCUT2D eigenvalue weighted by molar-refractivity contribution is 7.99. The van der Waals surface area contributed by atoms with Gasteiger partial charge in [0.1, 0.15) is 12.1 Å². The van der Waals surface area contributed by atoms with Gasteiger partial charge in [0.15, 0.2) is 10.3 Å². The number of benzene rings is 1. The van der Waals surface area contributed by atoms with Crippen LogP contribution in [0.15, 0.2) is 41.1 Å². The Morgan fingerprint density at radius 1 is 1.36 bits per heavy atom. The van der Waals surface area contributed by atoms with Crippen LogP contribution in [0, 0.1) is 0 Å². The van der Waals surface area contributed by atoms with Gasteiger partial charge in [-0.15, -0.1) is 21.5 Å². The van der Waals surface area contributed by atoms with Gasteiger partial charge in [-0.2, -0.15) is 0 Å². The van der Waals surface area contributed by atoms with Crippen molar-refractivity contribution in [2.75, 3.05) is 18.2 Å². The maximum Gasteiger partial charge on any atom is 0.236 e. The molecule has 2 heterocycles. The van der Waals surface area contributed by atoms with Gasteiger partial charge in [0.25, 0.3) is 0 Å². The molecule has 0 spiro atoms. The quantitative estimate of drug-likeness (QED) is 0.639. The fraction of sp³-hybridized carbons (Fsp3) is 0.250. The zero-order valence-corrected chi connectivity index (χ0v) is 15.4. The van der Waals surface area contributed by atoms with Crippen LogP contribution in [0.25, 0.3) is 11.3 Å². The molecule has 0 aliphatic heterocycles. The summed E-state index contributed by atoms with van der Waals surface area (Å²) in [5, 5.41) is 13.9. The number of nitrogens with zero attached hydrogens (tertiary/aromatic N) is 4. The van der Waals surface area contributed by atoms with Gasteiger partial charge >= 0.3 is 0 Å². The Bertz CT molecular complexity index is 844. The average molecular weight is 375 g/mol. The summed E-state index contributed by atoms with van der Waals surface area (Å²) in [4.78, 5) is 16.6. The van der Waals surface area contributed by atoms with E-state index >= 15 is 0 Å². The van der Waals surface area contributed by atoms with Crippen molar-refractivity contribution in [3.05, 3.63) is 36.0 Å². The maximum atomic E-state index is 12.1. The lowest BCUT2D eigenvalue weighted by atomic mass is 10.2. The summed E-state index contributed by atoms with van der Waals surface area (Å²) in [5.74, 6) is 0.937. The van der Waals surface area contributed by atoms with Crippen molar-refractivity contribution in [2.45, 2.75) is 18.6 Å². The minimum absolute atomic E-state index is 0.119. The first-order chi connectivity index (χ1) is 12.2. The van der Waals surface area contributed by atoms with Crippen molar-refractivity contribution >= 4 is 34.1 Å². The van der Waals surface area contributed by atoms with Gasteiger partial charge in [-0.3, -0.25) is 4.79 Å². The highest BCUT2D eigenvalue weighted by Gasteiger charge is 2.11. The number of aryl methyl sites for hydroxylation is 1. The van der Waals surface area contributed by atoms with Crippen LogP contribution in [0.3, 0.4) is 0 Å². The number of thiazole rings is 1. The molecule has 1 aromatic carbocycles. The number of hydrogen-bond donors (Lipinski definition) is 1. The number of rotatable bonds is 7. The SMILES string of the molecule is CCn1cnnc1SCC(=O)Nc1nc(-c2ccc(OC)cc2)cs1. The van der Waals surface area contributed by atoms with Gasteiger partial charge < -0.3 is 14.6 Å². The van der Waals surface area contributed by atoms with Crippen LogP contribution in [0.4, 0.5) is 5.13 Å². The van der Waals surface area contributed by atoms with E-state index in [9.17, 15) is 4.79 Å². The van der Waals surface area contributed by atoms with E-state index in [1.165, 1.54) is 23.1 Å². The Labute approximate surface area is 153 Å². The number of anilines is 1. The number of aromatic nitrogens is 4. The molecule has 9 heteroatoms. The molecule has 0 unspecified atom stereocenters. The Morgan fingerprint density at radius 2 is 2.16 bits per heavy atom. The minimum atomic E-state index is -0.119. The third-order valence-corrected chi connectivity index (χ3v) is 5.13. The zero-order valence-electron chi connectivity index (χ0n) is 13.8. The van der Waals surface area contributed by atoms with E-state index in [-0.39, 0.29) is 11.7 Å². The Morgan fingerprint density at radius 3 is 2.88 bits per heavy atom. The molecule has 1 N–H and O–H groups in total. The molecule has 3 aromatic rings. The fourth-order valence-corrected chi connectivity index (χ4v) is 3.60. The summed E-state index contributed by atoms with van der Waals surface area (Å²) < 4.78 is 7.04. The van der Waals surface area contributed by atoms with Crippen molar-refractivity contribution < 1.29 is 9.53 Å². The third kappa shape index (κ3) is 4.37. The lowest BCUT2D eigenvalue weighted by Gasteiger charge is -2.03. The molecule has 0 bridgehead atoms. The molecular formula is C16H17N5O2S2. The summed E-state index contributed by atoms with van der Waals surface area (Å²) in [5.41, 5.74) is 1.80. The molecular weight excluding hydrogens is 358 g/mol. The van der Waals surface area contributed by atoms with E-state index < -0.39 is 0 Å². The van der Waals surface area contributed by atoms with E-state index in [2.05, 4.69) is 20.5 Å². The number of amides is 1. The summed E-state index contributed by atoms with van der Waals surface area (Å²) in [6.07, 6.45) is 1.65. The highest BCUT2D eigenvalue weighted by Crippen LogP contribution is 2.26. The normalized spacial score (nSPS) is 10.6. The molecule has 2 aromatic heterocycles. The molecule has 0 atom stereocenters. The van der Waals surface area contributed by atoms with Gasteiger partial charge in [0.2, 0.25) is 5.91 Å². The van der Waals surface area contributed by atoms with Crippen LogP contribution >= 0.6 is 23.1 Å². The second kappa shape index (κ2) is 8.13. The number of carbonyl (C=O) groups excluding carboxylic acids is 1. The fourth-order valence-electron chi connectivity index (χ4n) is 2.08. The number of nitrogens with one attached hydrogen (secondary N) is 1. The van der Waals surface area contributed by atoms with Crippen LogP contribution in [-0.2, 0) is 11.3 Å². The van der Waals surface area contributed by atoms with Crippen LogP contribution in [-0.4, -0.2) is 38.5 Å². The number of methoxy groups -OCH3 is 1. The first-order valence-corrected chi connectivity index (χ1v) is 9.46. The van der Waals surface area contributed by atoms with Crippen LogP contribution in [0.5, 0.6) is 5.75 Å². The van der Waals surface area contributed by atoms with Gasteiger partial charge in [0, 0.05) is 17.5 Å². The molecule has 0 saturated heterocycles. The van der Waals surface area contributed by atoms with Crippen molar-refractivity contribution in [1.82, 2.24) is 19.7 Å². The molecule has 0 fully saturated rings. The van der Waals surface area contributed by atoms with Gasteiger partial charge in [-0.05, 0) is 31.2 Å². The number of carbonyl (C=O) groups is 1. The molecule has 3 rings (SSSR count). The topological polar surface area (TPSA) is 81.9 Å². The van der Waals surface area contributed by atoms with E-state index in [1.54, 1.807) is 13.4 Å². The second-order valence-electron chi connectivity index (χ2n) is 5.00. The third-order valence-electron chi connectivity index (χ3n) is 3.39. The number of ether oxygens (including phenoxy) is 1. The summed E-state index contributed by atoms with van der Waals surface area (Å²) in [6.45, 7) is 2.78. The predicted molar refractivity (Wildman–Crippen MR) is 99.2 cm³/mol. The molecule has 1 amide bonds. The molecule has 130 valence electrons. The maximum absolute atomic E-state index is 12.1. The molecule has 7 nitrogen and oxygen atoms in total. The largest absolute Gasteiger partial charge is 0.497 e. The van der Waals surface area contributed by atoms with Crippen molar-refractivity contribution in [1.29, 1.82) is 0 Å². The molecule has 0 aliphatic rings. The van der Waals surface area contributed by atoms with E-state index in [0.29, 0.717) is 5.13 Å². The first kappa shape index (κ1) is 17.4. The van der Waals surface area contributed by atoms with Gasteiger partial charge in [0.05, 0.1) is 18.6 Å². The second-order valence-corrected chi connectivity index (χ2v) is 6.80. The van der Waals surface area contributed by atoms with Crippen molar-refractivity contribution in [3.8, 4) is 17.0 Å². The smallest absolute Gasteiger partial charge is 0.236 e. The monoisotopic (exact) mass is 375 g/mol. The zero-order chi connectivity index (χ0) is 17.6. The van der Waals surface area contributed by atoms with Crippen molar-refractivity contribution in [2.24, 2.45) is 0 Å². The standard InChI is InChI=1S/C16H17N5O2S2/c1-3-21-10-17-20-16(21)25-9-14(22)19-15-18-13(8-24-15)11-4-6-12(23-2)7-5-11/h4-8,10H,3,9H2,1-2H3,(H,18,19,22). The first-order valence-electron chi connectivity index (χ1n) is 7.60. The predicted octanol–water partition coefficient (Wildman–Crippen LogP) is 3.16. The molecule has 25 heavy (non-hydrogen) atoms. The van der Waals surface area contributed by atoms with E-state index in [0.717, 1.165) is 28.7 Å².